The maximum absolute atomic E-state index is 12.1. The molecular formula is C14H21N5O2. The number of carbonyl (C=O) groups is 1. The fourth-order valence-electron chi connectivity index (χ4n) is 2.25. The molecule has 7 nitrogen and oxygen atoms in total. The van der Waals surface area contributed by atoms with Crippen LogP contribution in [-0.4, -0.2) is 43.6 Å². The highest BCUT2D eigenvalue weighted by atomic mass is 16.3. The van der Waals surface area contributed by atoms with E-state index < -0.39 is 0 Å². The minimum absolute atomic E-state index is 0.0793. The predicted octanol–water partition coefficient (Wildman–Crippen LogP) is 0.928. The number of hydrogen-bond donors (Lipinski definition) is 3. The summed E-state index contributed by atoms with van der Waals surface area (Å²) in [4.78, 5) is 12.1. The molecule has 1 atom stereocenters. The van der Waals surface area contributed by atoms with Crippen LogP contribution in [0.2, 0.25) is 0 Å². The van der Waals surface area contributed by atoms with Gasteiger partial charge in [-0.1, -0.05) is 6.92 Å². The Labute approximate surface area is 123 Å². The molecule has 0 spiro atoms. The van der Waals surface area contributed by atoms with Crippen LogP contribution >= 0.6 is 0 Å². The highest BCUT2D eigenvalue weighted by molar-refractivity contribution is 5.93. The summed E-state index contributed by atoms with van der Waals surface area (Å²) in [5.74, 6) is -0.270. The number of aromatic nitrogens is 4. The molecule has 0 aliphatic rings. The molecule has 2 aromatic heterocycles. The number of aliphatic hydroxyl groups excluding tert-OH is 1. The molecule has 2 rings (SSSR count). The normalized spacial score (nSPS) is 12.4. The minimum Gasteiger partial charge on any atom is -0.394 e. The van der Waals surface area contributed by atoms with E-state index in [1.165, 1.54) is 0 Å². The summed E-state index contributed by atoms with van der Waals surface area (Å²) in [6.07, 6.45) is 0.671. The van der Waals surface area contributed by atoms with Crippen LogP contribution in [0.1, 0.15) is 35.2 Å². The smallest absolute Gasteiger partial charge is 0.269 e. The van der Waals surface area contributed by atoms with E-state index in [0.29, 0.717) is 17.8 Å². The number of hydrogen-bond acceptors (Lipinski definition) is 4. The van der Waals surface area contributed by atoms with E-state index in [-0.39, 0.29) is 18.6 Å². The largest absolute Gasteiger partial charge is 0.394 e. The van der Waals surface area contributed by atoms with Gasteiger partial charge in [0.1, 0.15) is 5.69 Å². The van der Waals surface area contributed by atoms with Gasteiger partial charge in [-0.3, -0.25) is 14.6 Å². The Morgan fingerprint density at radius 1 is 1.52 bits per heavy atom. The van der Waals surface area contributed by atoms with Crippen molar-refractivity contribution >= 4 is 5.91 Å². The summed E-state index contributed by atoms with van der Waals surface area (Å²) in [6, 6.07) is 1.46. The fraction of sp³-hybridized carbons (Fsp3) is 0.500. The first-order valence-corrected chi connectivity index (χ1v) is 6.95. The highest BCUT2D eigenvalue weighted by Gasteiger charge is 2.18. The number of H-pyrrole nitrogens is 1. The van der Waals surface area contributed by atoms with Gasteiger partial charge < -0.3 is 10.4 Å². The summed E-state index contributed by atoms with van der Waals surface area (Å²) >= 11 is 0. The number of rotatable bonds is 5. The van der Waals surface area contributed by atoms with Crippen molar-refractivity contribution in [3.05, 3.63) is 23.1 Å². The summed E-state index contributed by atoms with van der Waals surface area (Å²) in [5.41, 5.74) is 3.87. The summed E-state index contributed by atoms with van der Waals surface area (Å²) < 4.78 is 1.79. The van der Waals surface area contributed by atoms with Crippen molar-refractivity contribution in [1.82, 2.24) is 25.3 Å². The molecule has 0 radical (unpaired) electrons. The molecule has 0 aromatic carbocycles. The van der Waals surface area contributed by atoms with Crippen molar-refractivity contribution in [2.45, 2.75) is 33.2 Å². The van der Waals surface area contributed by atoms with E-state index in [1.54, 1.807) is 10.7 Å². The van der Waals surface area contributed by atoms with Crippen molar-refractivity contribution < 1.29 is 9.90 Å². The SMILES string of the molecule is CCC(CO)NC(=O)c1cc(-c2c(C)nn(C)c2C)n[nH]1. The highest BCUT2D eigenvalue weighted by Crippen LogP contribution is 2.25. The second-order valence-electron chi connectivity index (χ2n) is 5.10. The third-order valence-corrected chi connectivity index (χ3v) is 3.64. The van der Waals surface area contributed by atoms with E-state index in [4.69, 9.17) is 5.11 Å². The minimum atomic E-state index is -0.270. The number of carbonyl (C=O) groups excluding carboxylic acids is 1. The lowest BCUT2D eigenvalue weighted by Gasteiger charge is -2.12. The third kappa shape index (κ3) is 2.97. The van der Waals surface area contributed by atoms with Crippen LogP contribution in [0.15, 0.2) is 6.07 Å². The second-order valence-corrected chi connectivity index (χ2v) is 5.10. The van der Waals surface area contributed by atoms with E-state index >= 15 is 0 Å². The molecular weight excluding hydrogens is 270 g/mol. The van der Waals surface area contributed by atoms with Gasteiger partial charge in [0.25, 0.3) is 5.91 Å². The van der Waals surface area contributed by atoms with Gasteiger partial charge in [0.15, 0.2) is 0 Å². The summed E-state index contributed by atoms with van der Waals surface area (Å²) in [6.45, 7) is 5.70. The first kappa shape index (κ1) is 15.2. The maximum atomic E-state index is 12.1. The van der Waals surface area contributed by atoms with Gasteiger partial charge in [0.05, 0.1) is 24.0 Å². The zero-order valence-electron chi connectivity index (χ0n) is 12.8. The van der Waals surface area contributed by atoms with Gasteiger partial charge in [-0.2, -0.15) is 10.2 Å². The van der Waals surface area contributed by atoms with Gasteiger partial charge in [-0.25, -0.2) is 0 Å². The quantitative estimate of drug-likeness (QED) is 0.763. The van der Waals surface area contributed by atoms with Crippen molar-refractivity contribution in [3.8, 4) is 11.3 Å². The predicted molar refractivity (Wildman–Crippen MR) is 78.9 cm³/mol. The molecule has 114 valence electrons. The van der Waals surface area contributed by atoms with E-state index in [9.17, 15) is 4.79 Å². The summed E-state index contributed by atoms with van der Waals surface area (Å²) in [7, 11) is 1.87. The Morgan fingerprint density at radius 3 is 2.76 bits per heavy atom. The van der Waals surface area contributed by atoms with Crippen molar-refractivity contribution in [1.29, 1.82) is 0 Å². The lowest BCUT2D eigenvalue weighted by molar-refractivity contribution is 0.0910. The number of aliphatic hydroxyl groups is 1. The van der Waals surface area contributed by atoms with Gasteiger partial charge in [0, 0.05) is 18.3 Å². The van der Waals surface area contributed by atoms with Crippen LogP contribution in [0.3, 0.4) is 0 Å². The number of amides is 1. The maximum Gasteiger partial charge on any atom is 0.269 e. The molecule has 0 fully saturated rings. The van der Waals surface area contributed by atoms with Crippen molar-refractivity contribution in [2.24, 2.45) is 7.05 Å². The van der Waals surface area contributed by atoms with Crippen LogP contribution < -0.4 is 5.32 Å². The molecule has 2 aromatic rings. The summed E-state index contributed by atoms with van der Waals surface area (Å²) in [5, 5.41) is 23.2. The Kier molecular flexibility index (Phi) is 4.42. The second kappa shape index (κ2) is 6.09. The van der Waals surface area contributed by atoms with E-state index in [1.807, 2.05) is 27.8 Å². The molecule has 0 saturated heterocycles. The molecule has 1 amide bonds. The fourth-order valence-corrected chi connectivity index (χ4v) is 2.25. The van der Waals surface area contributed by atoms with Crippen molar-refractivity contribution in [3.63, 3.8) is 0 Å². The number of aryl methyl sites for hydroxylation is 2. The van der Waals surface area contributed by atoms with Crippen LogP contribution in [-0.2, 0) is 7.05 Å². The number of nitrogens with one attached hydrogen (secondary N) is 2. The molecule has 0 aliphatic carbocycles. The lowest BCUT2D eigenvalue weighted by Crippen LogP contribution is -2.37. The number of nitrogens with zero attached hydrogens (tertiary/aromatic N) is 3. The van der Waals surface area contributed by atoms with Gasteiger partial charge >= 0.3 is 0 Å². The van der Waals surface area contributed by atoms with Gasteiger partial charge in [0.2, 0.25) is 0 Å². The third-order valence-electron chi connectivity index (χ3n) is 3.64. The molecule has 2 heterocycles. The lowest BCUT2D eigenvalue weighted by atomic mass is 10.1. The Balaban J connectivity index is 2.24. The van der Waals surface area contributed by atoms with E-state index in [2.05, 4.69) is 20.6 Å². The standard InChI is InChI=1S/C14H21N5O2/c1-5-10(7-20)15-14(21)12-6-11(16-17-12)13-8(2)18-19(4)9(13)3/h6,10,20H,5,7H2,1-4H3,(H,15,21)(H,16,17). The molecule has 21 heavy (non-hydrogen) atoms. The van der Waals surface area contributed by atoms with Gasteiger partial charge in [-0.05, 0) is 26.3 Å². The molecule has 0 saturated carbocycles. The van der Waals surface area contributed by atoms with Gasteiger partial charge in [-0.15, -0.1) is 0 Å². The van der Waals surface area contributed by atoms with Crippen molar-refractivity contribution in [2.75, 3.05) is 6.61 Å². The molecule has 1 unspecified atom stereocenters. The zero-order valence-corrected chi connectivity index (χ0v) is 12.8. The Hall–Kier alpha value is -2.15. The molecule has 0 aliphatic heterocycles. The average molecular weight is 291 g/mol. The monoisotopic (exact) mass is 291 g/mol. The van der Waals surface area contributed by atoms with Crippen LogP contribution in [0.25, 0.3) is 11.3 Å². The average Bonchev–Trinajstić information content (AvgIpc) is 3.02. The van der Waals surface area contributed by atoms with Crippen LogP contribution in [0.5, 0.6) is 0 Å². The number of aromatic amines is 1. The molecule has 0 bridgehead atoms. The Bertz CT molecular complexity index is 640. The van der Waals surface area contributed by atoms with Crippen LogP contribution in [0.4, 0.5) is 0 Å². The zero-order chi connectivity index (χ0) is 15.6. The first-order valence-electron chi connectivity index (χ1n) is 6.95. The van der Waals surface area contributed by atoms with Crippen LogP contribution in [0, 0.1) is 13.8 Å². The first-order chi connectivity index (χ1) is 9.97. The topological polar surface area (TPSA) is 95.8 Å². The molecule has 3 N–H and O–H groups in total. The Morgan fingerprint density at radius 2 is 2.24 bits per heavy atom. The van der Waals surface area contributed by atoms with E-state index in [0.717, 1.165) is 17.0 Å². The molecule has 7 heteroatoms.